The average molecular weight is 330 g/mol. The van der Waals surface area contributed by atoms with Crippen LogP contribution in [0, 0.1) is 0 Å². The van der Waals surface area contributed by atoms with Crippen molar-refractivity contribution in [3.63, 3.8) is 0 Å². The van der Waals surface area contributed by atoms with Gasteiger partial charge in [0.25, 0.3) is 0 Å². The van der Waals surface area contributed by atoms with Crippen LogP contribution in [0.4, 0.5) is 0 Å². The van der Waals surface area contributed by atoms with E-state index >= 15 is 0 Å². The summed E-state index contributed by atoms with van der Waals surface area (Å²) in [5, 5.41) is 23.1. The summed E-state index contributed by atoms with van der Waals surface area (Å²) in [6.07, 6.45) is -1.24. The van der Waals surface area contributed by atoms with Crippen molar-refractivity contribution < 1.29 is 10.2 Å². The summed E-state index contributed by atoms with van der Waals surface area (Å²) in [6.45, 7) is 0. The molecule has 2 N–H and O–H groups in total. The second-order valence-corrected chi connectivity index (χ2v) is 5.38. The molecule has 96 valence electrons. The Morgan fingerprint density at radius 2 is 1.78 bits per heavy atom. The summed E-state index contributed by atoms with van der Waals surface area (Å²) in [5.74, 6) is 0. The lowest BCUT2D eigenvalue weighted by molar-refractivity contribution is 0.0182. The number of halogens is 2. The molecule has 0 saturated heterocycles. The molecule has 0 amide bonds. The van der Waals surface area contributed by atoms with E-state index in [-0.39, 0.29) is 0 Å². The number of aliphatic hydroxyl groups is 2. The Bertz CT molecular complexity index is 539. The molecule has 0 aliphatic heterocycles. The van der Waals surface area contributed by atoms with E-state index in [2.05, 4.69) is 15.9 Å². The predicted molar refractivity (Wildman–Crippen MR) is 78.3 cm³/mol. The lowest BCUT2D eigenvalue weighted by Gasteiger charge is -2.19. The summed E-state index contributed by atoms with van der Waals surface area (Å²) < 4.78 is 0. The van der Waals surface area contributed by atoms with Gasteiger partial charge in [-0.1, -0.05) is 57.9 Å². The van der Waals surface area contributed by atoms with Crippen LogP contribution in [-0.4, -0.2) is 21.6 Å². The number of aliphatic hydroxyl groups excluding tert-OH is 2. The van der Waals surface area contributed by atoms with E-state index in [4.69, 9.17) is 11.6 Å². The molecule has 18 heavy (non-hydrogen) atoms. The van der Waals surface area contributed by atoms with Crippen molar-refractivity contribution >= 4 is 38.3 Å². The third kappa shape index (κ3) is 2.69. The van der Waals surface area contributed by atoms with Crippen LogP contribution in [-0.2, 0) is 0 Å². The number of hydrogen-bond acceptors (Lipinski definition) is 2. The van der Waals surface area contributed by atoms with Gasteiger partial charge >= 0.3 is 0 Å². The van der Waals surface area contributed by atoms with Crippen molar-refractivity contribution in [1.82, 2.24) is 0 Å². The number of benzene rings is 2. The number of fused-ring (bicyclic) bond motifs is 1. The van der Waals surface area contributed by atoms with Crippen LogP contribution in [0.25, 0.3) is 10.8 Å². The van der Waals surface area contributed by atoms with Gasteiger partial charge in [-0.15, -0.1) is 0 Å². The standard InChI is InChI=1S/C14H14BrClO2/c15-8-7-12(17)14(18)10-5-1-3-9-4-2-6-11(16)13(9)10/h1-6,12,14,17-18H,7-8H2. The molecule has 0 bridgehead atoms. The Morgan fingerprint density at radius 1 is 1.11 bits per heavy atom. The summed E-state index contributed by atoms with van der Waals surface area (Å²) in [6, 6.07) is 11.2. The molecular weight excluding hydrogens is 316 g/mol. The van der Waals surface area contributed by atoms with E-state index in [1.807, 2.05) is 24.3 Å². The van der Waals surface area contributed by atoms with E-state index in [1.54, 1.807) is 12.1 Å². The average Bonchev–Trinajstić information content (AvgIpc) is 2.38. The molecule has 2 aromatic rings. The molecule has 0 saturated carbocycles. The van der Waals surface area contributed by atoms with Gasteiger partial charge < -0.3 is 10.2 Å². The highest BCUT2D eigenvalue weighted by Gasteiger charge is 2.20. The predicted octanol–water partition coefficient (Wildman–Crippen LogP) is 3.67. The maximum Gasteiger partial charge on any atom is 0.106 e. The third-order valence-electron chi connectivity index (χ3n) is 2.97. The normalized spacial score (nSPS) is 14.7. The van der Waals surface area contributed by atoms with Crippen LogP contribution in [0.2, 0.25) is 5.02 Å². The van der Waals surface area contributed by atoms with Crippen molar-refractivity contribution in [2.45, 2.75) is 18.6 Å². The first-order valence-corrected chi connectivity index (χ1v) is 7.24. The van der Waals surface area contributed by atoms with Crippen molar-refractivity contribution in [1.29, 1.82) is 0 Å². The van der Waals surface area contributed by atoms with Gasteiger partial charge in [0, 0.05) is 15.7 Å². The van der Waals surface area contributed by atoms with Gasteiger partial charge in [0.15, 0.2) is 0 Å². The minimum atomic E-state index is -0.925. The molecule has 0 radical (unpaired) electrons. The van der Waals surface area contributed by atoms with Crippen molar-refractivity contribution in [2.75, 3.05) is 5.33 Å². The van der Waals surface area contributed by atoms with Crippen LogP contribution in [0.15, 0.2) is 36.4 Å². The highest BCUT2D eigenvalue weighted by atomic mass is 79.9. The zero-order valence-corrected chi connectivity index (χ0v) is 12.0. The van der Waals surface area contributed by atoms with Crippen molar-refractivity contribution in [3.8, 4) is 0 Å². The Labute approximate surface area is 119 Å². The molecule has 2 atom stereocenters. The van der Waals surface area contributed by atoms with Gasteiger partial charge in [-0.3, -0.25) is 0 Å². The van der Waals surface area contributed by atoms with Crippen molar-refractivity contribution in [3.05, 3.63) is 47.0 Å². The lowest BCUT2D eigenvalue weighted by atomic mass is 9.96. The largest absolute Gasteiger partial charge is 0.390 e. The molecule has 4 heteroatoms. The fourth-order valence-electron chi connectivity index (χ4n) is 2.05. The fraction of sp³-hybridized carbons (Fsp3) is 0.286. The third-order valence-corrected chi connectivity index (χ3v) is 3.75. The molecule has 2 rings (SSSR count). The summed E-state index contributed by atoms with van der Waals surface area (Å²) in [7, 11) is 0. The summed E-state index contributed by atoms with van der Waals surface area (Å²) >= 11 is 9.44. The highest BCUT2D eigenvalue weighted by Crippen LogP contribution is 2.32. The first-order valence-electron chi connectivity index (χ1n) is 5.74. The Kier molecular flexibility index (Phi) is 4.62. The monoisotopic (exact) mass is 328 g/mol. The van der Waals surface area contributed by atoms with E-state index in [0.717, 1.165) is 10.8 Å². The highest BCUT2D eigenvalue weighted by molar-refractivity contribution is 9.09. The summed E-state index contributed by atoms with van der Waals surface area (Å²) in [5.41, 5.74) is 0.673. The summed E-state index contributed by atoms with van der Waals surface area (Å²) in [4.78, 5) is 0. The minimum Gasteiger partial charge on any atom is -0.390 e. The van der Waals surface area contributed by atoms with Crippen LogP contribution in [0.5, 0.6) is 0 Å². The fourth-order valence-corrected chi connectivity index (χ4v) is 2.81. The maximum absolute atomic E-state index is 10.2. The zero-order valence-electron chi connectivity index (χ0n) is 9.68. The van der Waals surface area contributed by atoms with E-state index < -0.39 is 12.2 Å². The number of alkyl halides is 1. The van der Waals surface area contributed by atoms with E-state index in [0.29, 0.717) is 22.3 Å². The molecule has 0 fully saturated rings. The molecule has 0 heterocycles. The molecule has 0 spiro atoms. The lowest BCUT2D eigenvalue weighted by Crippen LogP contribution is -2.18. The molecule has 2 aromatic carbocycles. The zero-order chi connectivity index (χ0) is 13.1. The topological polar surface area (TPSA) is 40.5 Å². The van der Waals surface area contributed by atoms with Crippen LogP contribution >= 0.6 is 27.5 Å². The van der Waals surface area contributed by atoms with E-state index in [9.17, 15) is 10.2 Å². The molecule has 0 aliphatic carbocycles. The maximum atomic E-state index is 10.2. The van der Waals surface area contributed by atoms with Gasteiger partial charge in [0.05, 0.1) is 6.10 Å². The van der Waals surface area contributed by atoms with E-state index in [1.165, 1.54) is 0 Å². The van der Waals surface area contributed by atoms with Gasteiger partial charge in [0.1, 0.15) is 6.10 Å². The number of hydrogen-bond donors (Lipinski definition) is 2. The molecule has 0 aromatic heterocycles. The molecule has 2 unspecified atom stereocenters. The second kappa shape index (κ2) is 6.02. The molecule has 0 aliphatic rings. The van der Waals surface area contributed by atoms with Gasteiger partial charge in [-0.05, 0) is 23.4 Å². The Morgan fingerprint density at radius 3 is 2.44 bits per heavy atom. The van der Waals surface area contributed by atoms with Crippen LogP contribution in [0.1, 0.15) is 18.1 Å². The first-order chi connectivity index (χ1) is 8.65. The minimum absolute atomic E-state index is 0.488. The molecular formula is C14H14BrClO2. The van der Waals surface area contributed by atoms with Gasteiger partial charge in [-0.2, -0.15) is 0 Å². The van der Waals surface area contributed by atoms with Gasteiger partial charge in [0.2, 0.25) is 0 Å². The Hall–Kier alpha value is -0.610. The first kappa shape index (κ1) is 13.8. The van der Waals surface area contributed by atoms with Gasteiger partial charge in [-0.25, -0.2) is 0 Å². The quantitative estimate of drug-likeness (QED) is 0.840. The smallest absolute Gasteiger partial charge is 0.106 e. The van der Waals surface area contributed by atoms with Crippen LogP contribution in [0.3, 0.4) is 0 Å². The Balaban J connectivity index is 2.50. The SMILES string of the molecule is OC(CCBr)C(O)c1cccc2cccc(Cl)c12. The van der Waals surface area contributed by atoms with Crippen molar-refractivity contribution in [2.24, 2.45) is 0 Å². The van der Waals surface area contributed by atoms with Crippen LogP contribution < -0.4 is 0 Å². The second-order valence-electron chi connectivity index (χ2n) is 4.18. The molecule has 2 nitrogen and oxygen atoms in total. The number of rotatable bonds is 4.